The smallest absolute Gasteiger partial charge is 0.312 e. The predicted molar refractivity (Wildman–Crippen MR) is 74.1 cm³/mol. The lowest BCUT2D eigenvalue weighted by Gasteiger charge is -2.23. The van der Waals surface area contributed by atoms with Crippen LogP contribution in [0.1, 0.15) is 19.3 Å². The van der Waals surface area contributed by atoms with E-state index in [1.807, 2.05) is 0 Å². The first kappa shape index (κ1) is 16.9. The van der Waals surface area contributed by atoms with Gasteiger partial charge in [-0.1, -0.05) is 12.5 Å². The van der Waals surface area contributed by atoms with Gasteiger partial charge in [0.2, 0.25) is 5.78 Å². The van der Waals surface area contributed by atoms with Crippen molar-refractivity contribution in [1.29, 1.82) is 0 Å². The average molecular weight is 297 g/mol. The zero-order valence-corrected chi connectivity index (χ0v) is 11.3. The van der Waals surface area contributed by atoms with E-state index in [0.29, 0.717) is 19.4 Å². The molecule has 115 valence electrons. The van der Waals surface area contributed by atoms with E-state index in [0.717, 1.165) is 24.6 Å². The lowest BCUT2D eigenvalue weighted by Crippen LogP contribution is -2.53. The number of nitrogens with two attached hydrogens (primary N) is 2. The number of rotatable bonds is 8. The molecule has 9 nitrogen and oxygen atoms in total. The van der Waals surface area contributed by atoms with E-state index in [1.54, 1.807) is 0 Å². The van der Waals surface area contributed by atoms with Gasteiger partial charge < -0.3 is 11.5 Å². The third-order valence-electron chi connectivity index (χ3n) is 3.20. The summed E-state index contributed by atoms with van der Waals surface area (Å²) in [6.07, 6.45) is 5.42. The predicted octanol–water partition coefficient (Wildman–Crippen LogP) is -0.0380. The Morgan fingerprint density at radius 1 is 1.33 bits per heavy atom. The van der Waals surface area contributed by atoms with Gasteiger partial charge in [-0.25, -0.2) is 0 Å². The molecule has 1 rings (SSSR count). The Kier molecular flexibility index (Phi) is 5.68. The van der Waals surface area contributed by atoms with Crippen molar-refractivity contribution in [1.82, 2.24) is 0 Å². The van der Waals surface area contributed by atoms with Gasteiger partial charge in [0.15, 0.2) is 0 Å². The summed E-state index contributed by atoms with van der Waals surface area (Å²) in [5.41, 5.74) is 8.24. The zero-order valence-electron chi connectivity index (χ0n) is 11.3. The molecule has 0 heterocycles. The number of hydrogen-bond acceptors (Lipinski definition) is 7. The molecule has 0 spiro atoms. The molecule has 0 bridgehead atoms. The SMILES string of the molecule is NCCCCC(N)C(=O)C1([N+](=O)[O-])[CH]C=CC([N+](=O)[O-])=C1. The maximum atomic E-state index is 12.3. The number of unbranched alkanes of at least 4 members (excludes halogenated alkanes) is 1. The zero-order chi connectivity index (χ0) is 16.0. The maximum absolute atomic E-state index is 12.3. The highest BCUT2D eigenvalue weighted by molar-refractivity contribution is 5.95. The topological polar surface area (TPSA) is 155 Å². The molecule has 1 aliphatic carbocycles. The molecule has 1 aliphatic rings. The van der Waals surface area contributed by atoms with Gasteiger partial charge in [-0.15, -0.1) is 0 Å². The molecule has 2 unspecified atom stereocenters. The van der Waals surface area contributed by atoms with Gasteiger partial charge in [0.1, 0.15) is 0 Å². The highest BCUT2D eigenvalue weighted by Crippen LogP contribution is 2.27. The first-order valence-corrected chi connectivity index (χ1v) is 6.39. The fraction of sp³-hybridized carbons (Fsp3) is 0.500. The van der Waals surface area contributed by atoms with Gasteiger partial charge in [-0.2, -0.15) is 0 Å². The van der Waals surface area contributed by atoms with Crippen molar-refractivity contribution in [2.45, 2.75) is 30.8 Å². The van der Waals surface area contributed by atoms with E-state index in [1.165, 1.54) is 0 Å². The van der Waals surface area contributed by atoms with Crippen LogP contribution in [-0.2, 0) is 4.79 Å². The molecule has 2 atom stereocenters. The van der Waals surface area contributed by atoms with E-state index in [4.69, 9.17) is 11.5 Å². The lowest BCUT2D eigenvalue weighted by molar-refractivity contribution is -0.530. The number of Topliss-reactive ketones (excluding diaryl/α,β-unsaturated/α-hetero) is 1. The van der Waals surface area contributed by atoms with Crippen molar-refractivity contribution in [3.63, 3.8) is 0 Å². The summed E-state index contributed by atoms with van der Waals surface area (Å²) in [5.74, 6) is -0.867. The second-order valence-electron chi connectivity index (χ2n) is 4.69. The molecule has 0 aromatic heterocycles. The molecular weight excluding hydrogens is 280 g/mol. The molecular formula is C12H17N4O5. The van der Waals surface area contributed by atoms with E-state index in [9.17, 15) is 25.0 Å². The molecule has 0 aromatic carbocycles. The molecule has 4 N–H and O–H groups in total. The van der Waals surface area contributed by atoms with E-state index in [-0.39, 0.29) is 6.42 Å². The summed E-state index contributed by atoms with van der Waals surface area (Å²) in [6, 6.07) is -1.08. The van der Waals surface area contributed by atoms with Crippen molar-refractivity contribution < 1.29 is 14.6 Å². The largest absolute Gasteiger partial charge is 0.330 e. The van der Waals surface area contributed by atoms with Gasteiger partial charge >= 0.3 is 5.54 Å². The first-order chi connectivity index (χ1) is 9.85. The van der Waals surface area contributed by atoms with Crippen molar-refractivity contribution in [3.05, 3.63) is 50.6 Å². The second kappa shape index (κ2) is 7.04. The Balaban J connectivity index is 3.01. The summed E-state index contributed by atoms with van der Waals surface area (Å²) >= 11 is 0. The van der Waals surface area contributed by atoms with Crippen LogP contribution >= 0.6 is 0 Å². The summed E-state index contributed by atoms with van der Waals surface area (Å²) in [5, 5.41) is 22.1. The molecule has 9 heteroatoms. The van der Waals surface area contributed by atoms with E-state index < -0.39 is 32.9 Å². The fourth-order valence-electron chi connectivity index (χ4n) is 2.02. The Labute approximate surface area is 121 Å². The number of nitro groups is 2. The fourth-order valence-corrected chi connectivity index (χ4v) is 2.02. The van der Waals surface area contributed by atoms with Crippen molar-refractivity contribution in [2.75, 3.05) is 6.54 Å². The monoisotopic (exact) mass is 297 g/mol. The highest BCUT2D eigenvalue weighted by atomic mass is 16.6. The highest BCUT2D eigenvalue weighted by Gasteiger charge is 2.53. The van der Waals surface area contributed by atoms with Crippen LogP contribution in [-0.4, -0.2) is 33.8 Å². The number of allylic oxidation sites excluding steroid dienone is 1. The minimum atomic E-state index is -2.28. The number of carbonyl (C=O) groups excluding carboxylic acids is 1. The van der Waals surface area contributed by atoms with Crippen LogP contribution in [0.15, 0.2) is 23.9 Å². The molecule has 1 radical (unpaired) electrons. The molecule has 0 saturated carbocycles. The van der Waals surface area contributed by atoms with Gasteiger partial charge in [-0.3, -0.25) is 25.0 Å². The van der Waals surface area contributed by atoms with Crippen LogP contribution in [0, 0.1) is 26.6 Å². The Morgan fingerprint density at radius 3 is 2.52 bits per heavy atom. The number of carbonyl (C=O) groups is 1. The summed E-state index contributed by atoms with van der Waals surface area (Å²) in [4.78, 5) is 32.7. The van der Waals surface area contributed by atoms with E-state index in [2.05, 4.69) is 0 Å². The van der Waals surface area contributed by atoms with Crippen LogP contribution in [0.5, 0.6) is 0 Å². The normalized spacial score (nSPS) is 22.5. The van der Waals surface area contributed by atoms with Crippen molar-refractivity contribution >= 4 is 5.78 Å². The van der Waals surface area contributed by atoms with Crippen LogP contribution in [0.3, 0.4) is 0 Å². The van der Waals surface area contributed by atoms with Gasteiger partial charge in [0.25, 0.3) is 5.70 Å². The number of ketones is 1. The van der Waals surface area contributed by atoms with Crippen molar-refractivity contribution in [2.24, 2.45) is 11.5 Å². The standard InChI is InChI=1S/C12H17N4O5/c13-7-2-1-5-10(14)11(17)12(16(20)21)6-3-4-9(8-12)15(18)19/h3-4,6,8,10H,1-2,5,7,13-14H2. The summed E-state index contributed by atoms with van der Waals surface area (Å²) in [6.45, 7) is 0.432. The van der Waals surface area contributed by atoms with Crippen LogP contribution in [0.4, 0.5) is 0 Å². The molecule has 0 fully saturated rings. The quantitative estimate of drug-likeness (QED) is 0.361. The van der Waals surface area contributed by atoms with Crippen molar-refractivity contribution in [3.8, 4) is 0 Å². The van der Waals surface area contributed by atoms with E-state index >= 15 is 0 Å². The summed E-state index contributed by atoms with van der Waals surface area (Å²) < 4.78 is 0. The second-order valence-corrected chi connectivity index (χ2v) is 4.69. The molecule has 21 heavy (non-hydrogen) atoms. The molecule has 0 saturated heterocycles. The minimum Gasteiger partial charge on any atom is -0.330 e. The number of nitrogens with zero attached hydrogens (tertiary/aromatic N) is 2. The Bertz CT molecular complexity index is 502. The molecule has 0 aliphatic heterocycles. The van der Waals surface area contributed by atoms with Crippen LogP contribution < -0.4 is 11.5 Å². The van der Waals surface area contributed by atoms with Gasteiger partial charge in [-0.05, 0) is 19.4 Å². The summed E-state index contributed by atoms with van der Waals surface area (Å²) in [7, 11) is 0. The maximum Gasteiger partial charge on any atom is 0.312 e. The first-order valence-electron chi connectivity index (χ1n) is 6.39. The minimum absolute atomic E-state index is 0.241. The number of hydrogen-bond donors (Lipinski definition) is 2. The van der Waals surface area contributed by atoms with Crippen LogP contribution in [0.25, 0.3) is 0 Å². The average Bonchev–Trinajstić information content (AvgIpc) is 2.46. The van der Waals surface area contributed by atoms with Gasteiger partial charge in [0, 0.05) is 11.0 Å². The Morgan fingerprint density at radius 2 is 2.00 bits per heavy atom. The van der Waals surface area contributed by atoms with Gasteiger partial charge in [0.05, 0.1) is 23.5 Å². The molecule has 0 aromatic rings. The van der Waals surface area contributed by atoms with Crippen LogP contribution in [0.2, 0.25) is 0 Å². The Hall–Kier alpha value is -2.13. The third kappa shape index (κ3) is 3.70. The third-order valence-corrected chi connectivity index (χ3v) is 3.20. The molecule has 0 amide bonds. The lowest BCUT2D eigenvalue weighted by atomic mass is 9.82.